The lowest BCUT2D eigenvalue weighted by atomic mass is 10.1. The molecule has 1 saturated heterocycles. The van der Waals surface area contributed by atoms with Crippen molar-refractivity contribution in [2.75, 3.05) is 13.2 Å². The lowest BCUT2D eigenvalue weighted by molar-refractivity contribution is -0.163. The predicted molar refractivity (Wildman–Crippen MR) is 171 cm³/mol. The molecule has 1 aliphatic heterocycles. The molecule has 2 saturated carbocycles. The molecular weight excluding hydrogens is 589 g/mol. The first-order valence-electron chi connectivity index (χ1n) is 16.7. The van der Waals surface area contributed by atoms with Crippen LogP contribution in [0.4, 0.5) is 4.39 Å². The summed E-state index contributed by atoms with van der Waals surface area (Å²) in [5.74, 6) is 3.11. The van der Waals surface area contributed by atoms with E-state index in [4.69, 9.17) is 24.2 Å². The van der Waals surface area contributed by atoms with E-state index in [-0.39, 0.29) is 31.3 Å². The van der Waals surface area contributed by atoms with Gasteiger partial charge in [0.25, 0.3) is 5.56 Å². The first kappa shape index (κ1) is 30.8. The van der Waals surface area contributed by atoms with Gasteiger partial charge in [-0.3, -0.25) is 13.9 Å². The minimum Gasteiger partial charge on any atom is -0.474 e. The van der Waals surface area contributed by atoms with Crippen LogP contribution in [0, 0.1) is 30.5 Å². The number of fused-ring (bicyclic) bond motifs is 2. The van der Waals surface area contributed by atoms with Crippen molar-refractivity contribution in [2.24, 2.45) is 17.8 Å². The van der Waals surface area contributed by atoms with Gasteiger partial charge in [0.05, 0.1) is 12.3 Å². The molecule has 3 aliphatic rings. The van der Waals surface area contributed by atoms with Crippen molar-refractivity contribution in [2.45, 2.75) is 91.3 Å². The van der Waals surface area contributed by atoms with Crippen molar-refractivity contribution in [3.8, 4) is 17.3 Å². The molecule has 2 aliphatic carbocycles. The zero-order valence-corrected chi connectivity index (χ0v) is 26.8. The zero-order chi connectivity index (χ0) is 31.9. The summed E-state index contributed by atoms with van der Waals surface area (Å²) in [5, 5.41) is 0. The van der Waals surface area contributed by atoms with Gasteiger partial charge in [-0.1, -0.05) is 19.1 Å². The second-order valence-electron chi connectivity index (χ2n) is 13.0. The van der Waals surface area contributed by atoms with Gasteiger partial charge in [0.15, 0.2) is 17.5 Å². The highest BCUT2D eigenvalue weighted by Gasteiger charge is 2.54. The van der Waals surface area contributed by atoms with Crippen molar-refractivity contribution >= 4 is 11.2 Å². The Morgan fingerprint density at radius 1 is 1.00 bits per heavy atom. The number of pyridine rings is 1. The average Bonchev–Trinajstić information content (AvgIpc) is 3.34. The minimum atomic E-state index is -0.418. The van der Waals surface area contributed by atoms with Crippen LogP contribution in [0.15, 0.2) is 46.0 Å². The summed E-state index contributed by atoms with van der Waals surface area (Å²) in [4.78, 5) is 37.5. The number of nitrogens with zero attached hydrogens (tertiary/aromatic N) is 5. The molecule has 3 unspecified atom stereocenters. The Hall–Kier alpha value is -3.83. The molecule has 3 fully saturated rings. The molecule has 0 amide bonds. The van der Waals surface area contributed by atoms with Crippen LogP contribution in [-0.4, -0.2) is 49.3 Å². The van der Waals surface area contributed by atoms with Crippen molar-refractivity contribution in [1.82, 2.24) is 23.7 Å². The highest BCUT2D eigenvalue weighted by atomic mass is 19.1. The van der Waals surface area contributed by atoms with Gasteiger partial charge in [-0.25, -0.2) is 19.2 Å². The van der Waals surface area contributed by atoms with E-state index in [1.807, 2.05) is 30.5 Å². The van der Waals surface area contributed by atoms with Crippen molar-refractivity contribution in [1.29, 1.82) is 0 Å². The van der Waals surface area contributed by atoms with E-state index in [9.17, 15) is 14.0 Å². The third-order valence-electron chi connectivity index (χ3n) is 10.1. The Labute approximate surface area is 267 Å². The van der Waals surface area contributed by atoms with Gasteiger partial charge >= 0.3 is 5.69 Å². The first-order valence-corrected chi connectivity index (χ1v) is 16.7. The van der Waals surface area contributed by atoms with E-state index in [1.54, 1.807) is 16.7 Å². The Morgan fingerprint density at radius 3 is 2.48 bits per heavy atom. The van der Waals surface area contributed by atoms with Gasteiger partial charge in [0.1, 0.15) is 17.7 Å². The molecule has 244 valence electrons. The van der Waals surface area contributed by atoms with Crippen LogP contribution in [0.5, 0.6) is 5.88 Å². The van der Waals surface area contributed by atoms with Gasteiger partial charge < -0.3 is 18.8 Å². The van der Waals surface area contributed by atoms with Gasteiger partial charge in [0.2, 0.25) is 5.88 Å². The number of halogens is 1. The fourth-order valence-corrected chi connectivity index (χ4v) is 7.41. The lowest BCUT2D eigenvalue weighted by Crippen LogP contribution is -2.40. The van der Waals surface area contributed by atoms with Crippen molar-refractivity contribution < 1.29 is 18.6 Å². The van der Waals surface area contributed by atoms with E-state index < -0.39 is 11.2 Å². The monoisotopic (exact) mass is 631 g/mol. The van der Waals surface area contributed by atoms with Crippen molar-refractivity contribution in [3.63, 3.8) is 0 Å². The molecule has 0 radical (unpaired) electrons. The number of rotatable bonds is 11. The number of ether oxygens (including phenoxy) is 3. The molecule has 4 aromatic rings. The molecule has 0 bridgehead atoms. The van der Waals surface area contributed by atoms with Gasteiger partial charge in [0, 0.05) is 37.9 Å². The molecule has 11 heteroatoms. The Bertz CT molecular complexity index is 1830. The normalized spacial score (nSPS) is 24.0. The summed E-state index contributed by atoms with van der Waals surface area (Å²) in [6.45, 7) is 7.94. The van der Waals surface area contributed by atoms with Crippen LogP contribution in [0.2, 0.25) is 0 Å². The molecule has 0 N–H and O–H groups in total. The summed E-state index contributed by atoms with van der Waals surface area (Å²) in [6, 6.07) is 9.97. The number of hydrogen-bond acceptors (Lipinski definition) is 7. The lowest BCUT2D eigenvalue weighted by Gasteiger charge is -2.22. The molecule has 3 aromatic heterocycles. The number of hydrogen-bond donors (Lipinski definition) is 0. The fourth-order valence-electron chi connectivity index (χ4n) is 7.41. The highest BCUT2D eigenvalue weighted by Crippen LogP contribution is 2.57. The highest BCUT2D eigenvalue weighted by molar-refractivity contribution is 5.78. The quantitative estimate of drug-likeness (QED) is 0.207. The van der Waals surface area contributed by atoms with Crippen LogP contribution in [0.25, 0.3) is 22.6 Å². The average molecular weight is 632 g/mol. The molecule has 4 heterocycles. The van der Waals surface area contributed by atoms with E-state index in [0.717, 1.165) is 61.0 Å². The number of aromatic nitrogens is 5. The maximum absolute atomic E-state index is 14.1. The molecular formula is C35H42FN5O5. The van der Waals surface area contributed by atoms with Gasteiger partial charge in [-0.05, 0) is 93.9 Å². The topological polar surface area (TPSA) is 102 Å². The van der Waals surface area contributed by atoms with Crippen LogP contribution >= 0.6 is 0 Å². The summed E-state index contributed by atoms with van der Waals surface area (Å²) in [6.07, 6.45) is 5.52. The molecule has 1 aromatic carbocycles. The number of benzene rings is 1. The second kappa shape index (κ2) is 12.8. The van der Waals surface area contributed by atoms with E-state index in [2.05, 4.69) is 6.92 Å². The summed E-state index contributed by atoms with van der Waals surface area (Å²) in [7, 11) is 0. The molecule has 0 spiro atoms. The minimum absolute atomic E-state index is 0.185. The van der Waals surface area contributed by atoms with Crippen LogP contribution < -0.4 is 16.0 Å². The number of imidazole rings is 1. The summed E-state index contributed by atoms with van der Waals surface area (Å²) >= 11 is 0. The largest absolute Gasteiger partial charge is 0.474 e. The standard InChI is InChI=1S/C35H42FN5O5/c1-4-39-33-31(34(42)40(35(39)43)15-7-17-45-30-8-5-6-16-44-30)41(20-23-9-11-24(36)12-10-23)32(38-33)26-13-14-29(37-22(26)3)46-25-18-27-21(2)28(27)19-25/h9-14,21,25,27-28,30H,4-8,15-20H2,1-3H3. The third kappa shape index (κ3) is 5.90. The Kier molecular flexibility index (Phi) is 8.54. The van der Waals surface area contributed by atoms with Crippen LogP contribution in [-0.2, 0) is 29.1 Å². The Morgan fingerprint density at radius 2 is 1.78 bits per heavy atom. The molecule has 7 rings (SSSR count). The fraction of sp³-hybridized carbons (Fsp3) is 0.543. The molecule has 46 heavy (non-hydrogen) atoms. The van der Waals surface area contributed by atoms with Crippen LogP contribution in [0.1, 0.15) is 63.6 Å². The smallest absolute Gasteiger partial charge is 0.332 e. The first-order chi connectivity index (χ1) is 22.3. The number of aryl methyl sites for hydroxylation is 2. The SMILES string of the molecule is CCn1c(=O)n(CCCOC2CCCCO2)c(=O)c2c1nc(-c1ccc(OC3CC4C(C)C4C3)nc1C)n2Cc1ccc(F)cc1. The summed E-state index contributed by atoms with van der Waals surface area (Å²) < 4.78 is 36.3. The van der Waals surface area contributed by atoms with E-state index >= 15 is 0 Å². The van der Waals surface area contributed by atoms with Crippen LogP contribution in [0.3, 0.4) is 0 Å². The van der Waals surface area contributed by atoms with Gasteiger partial charge in [-0.15, -0.1) is 0 Å². The molecule has 10 nitrogen and oxygen atoms in total. The van der Waals surface area contributed by atoms with Crippen molar-refractivity contribution in [3.05, 3.63) is 74.3 Å². The second-order valence-corrected chi connectivity index (χ2v) is 13.0. The van der Waals surface area contributed by atoms with E-state index in [1.165, 1.54) is 16.7 Å². The molecule has 3 atom stereocenters. The maximum Gasteiger partial charge on any atom is 0.332 e. The third-order valence-corrected chi connectivity index (χ3v) is 10.1. The Balaban J connectivity index is 1.24. The predicted octanol–water partition coefficient (Wildman–Crippen LogP) is 5.29. The zero-order valence-electron chi connectivity index (χ0n) is 26.8. The maximum atomic E-state index is 14.1. The van der Waals surface area contributed by atoms with Gasteiger partial charge in [-0.2, -0.15) is 0 Å². The summed E-state index contributed by atoms with van der Waals surface area (Å²) in [5.41, 5.74) is 2.04. The van der Waals surface area contributed by atoms with E-state index in [0.29, 0.717) is 54.7 Å².